The fourth-order valence-electron chi connectivity index (χ4n) is 2.87. The monoisotopic (exact) mass is 274 g/mol. The zero-order valence-electron chi connectivity index (χ0n) is 12.2. The van der Waals surface area contributed by atoms with Crippen LogP contribution in [0.25, 0.3) is 11.0 Å². The van der Waals surface area contributed by atoms with Gasteiger partial charge in [0.05, 0.1) is 11.0 Å². The van der Waals surface area contributed by atoms with Crippen molar-refractivity contribution in [2.24, 2.45) is 0 Å². The van der Waals surface area contributed by atoms with E-state index >= 15 is 0 Å². The number of benzene rings is 1. The van der Waals surface area contributed by atoms with Gasteiger partial charge in [0.15, 0.2) is 11.5 Å². The number of hydrogen-bond acceptors (Lipinski definition) is 3. The van der Waals surface area contributed by atoms with Crippen LogP contribution < -0.4 is 9.47 Å². The zero-order valence-corrected chi connectivity index (χ0v) is 12.2. The summed E-state index contributed by atoms with van der Waals surface area (Å²) >= 11 is 0. The molecule has 2 heterocycles. The summed E-state index contributed by atoms with van der Waals surface area (Å²) in [6, 6.07) is 3.99. The number of H-pyrrole nitrogens is 1. The van der Waals surface area contributed by atoms with E-state index < -0.39 is 0 Å². The molecule has 2 aromatic rings. The number of hydrogen-bond donors (Lipinski definition) is 1. The van der Waals surface area contributed by atoms with Gasteiger partial charge in [0.1, 0.15) is 19.0 Å². The Labute approximate surface area is 119 Å². The number of aromatic amines is 1. The van der Waals surface area contributed by atoms with Crippen LogP contribution in [-0.4, -0.2) is 23.2 Å². The van der Waals surface area contributed by atoms with Crippen molar-refractivity contribution in [3.63, 3.8) is 0 Å². The van der Waals surface area contributed by atoms with Gasteiger partial charge in [-0.05, 0) is 12.8 Å². The molecular formula is C16H22N2O2. The van der Waals surface area contributed by atoms with Crippen molar-refractivity contribution in [2.75, 3.05) is 13.2 Å². The van der Waals surface area contributed by atoms with Crippen molar-refractivity contribution in [1.82, 2.24) is 9.97 Å². The summed E-state index contributed by atoms with van der Waals surface area (Å²) in [5.41, 5.74) is 2.02. The Hall–Kier alpha value is -1.71. The topological polar surface area (TPSA) is 47.1 Å². The Morgan fingerprint density at radius 2 is 1.75 bits per heavy atom. The van der Waals surface area contributed by atoms with E-state index in [1.54, 1.807) is 0 Å². The minimum Gasteiger partial charge on any atom is -0.486 e. The molecule has 4 nitrogen and oxygen atoms in total. The predicted octanol–water partition coefficient (Wildman–Crippen LogP) is 4.02. The maximum atomic E-state index is 5.62. The van der Waals surface area contributed by atoms with Gasteiger partial charge in [0, 0.05) is 18.1 Å². The van der Waals surface area contributed by atoms with Crippen LogP contribution in [0.2, 0.25) is 0 Å². The van der Waals surface area contributed by atoms with Crippen molar-refractivity contribution in [2.45, 2.75) is 45.4 Å². The molecule has 0 atom stereocenters. The molecule has 0 bridgehead atoms. The molecule has 0 saturated heterocycles. The largest absolute Gasteiger partial charge is 0.486 e. The summed E-state index contributed by atoms with van der Waals surface area (Å²) in [6.07, 6.45) is 4.73. The first kappa shape index (κ1) is 13.3. The molecule has 4 heteroatoms. The number of fused-ring (bicyclic) bond motifs is 2. The van der Waals surface area contributed by atoms with E-state index in [2.05, 4.69) is 18.8 Å². The average Bonchev–Trinajstić information content (AvgIpc) is 2.87. The van der Waals surface area contributed by atoms with Crippen molar-refractivity contribution < 1.29 is 9.47 Å². The Morgan fingerprint density at radius 1 is 1.10 bits per heavy atom. The van der Waals surface area contributed by atoms with E-state index in [4.69, 9.17) is 14.5 Å². The first-order valence-corrected chi connectivity index (χ1v) is 7.61. The smallest absolute Gasteiger partial charge is 0.163 e. The first-order chi connectivity index (χ1) is 9.81. The third-order valence-electron chi connectivity index (χ3n) is 3.83. The highest BCUT2D eigenvalue weighted by atomic mass is 16.6. The zero-order chi connectivity index (χ0) is 13.9. The fourth-order valence-corrected chi connectivity index (χ4v) is 2.87. The molecule has 1 aromatic carbocycles. The van der Waals surface area contributed by atoms with Gasteiger partial charge < -0.3 is 14.5 Å². The Balaban J connectivity index is 1.96. The normalized spacial score (nSPS) is 14.2. The number of aromatic nitrogens is 2. The highest BCUT2D eigenvalue weighted by Gasteiger charge is 2.18. The molecule has 0 fully saturated rings. The van der Waals surface area contributed by atoms with Gasteiger partial charge >= 0.3 is 0 Å². The Kier molecular flexibility index (Phi) is 3.81. The average molecular weight is 274 g/mol. The van der Waals surface area contributed by atoms with Crippen LogP contribution in [0.15, 0.2) is 12.1 Å². The molecule has 1 aromatic heterocycles. The number of nitrogens with one attached hydrogen (secondary N) is 1. The molecule has 3 rings (SSSR count). The highest BCUT2D eigenvalue weighted by Crippen LogP contribution is 2.35. The summed E-state index contributed by atoms with van der Waals surface area (Å²) in [6.45, 7) is 5.69. The lowest BCUT2D eigenvalue weighted by atomic mass is 9.98. The van der Waals surface area contributed by atoms with Crippen LogP contribution in [0.1, 0.15) is 51.3 Å². The molecule has 1 N–H and O–H groups in total. The van der Waals surface area contributed by atoms with Crippen LogP contribution in [0.4, 0.5) is 0 Å². The number of imidazole rings is 1. The quantitative estimate of drug-likeness (QED) is 0.895. The summed E-state index contributed by atoms with van der Waals surface area (Å²) in [4.78, 5) is 8.24. The molecule has 0 unspecified atom stereocenters. The lowest BCUT2D eigenvalue weighted by Gasteiger charge is -2.17. The van der Waals surface area contributed by atoms with Gasteiger partial charge in [-0.1, -0.05) is 26.7 Å². The molecule has 1 aliphatic heterocycles. The molecule has 0 radical (unpaired) electrons. The summed E-state index contributed by atoms with van der Waals surface area (Å²) < 4.78 is 11.2. The lowest BCUT2D eigenvalue weighted by Crippen LogP contribution is -2.15. The van der Waals surface area contributed by atoms with Crippen LogP contribution in [0.5, 0.6) is 11.5 Å². The lowest BCUT2D eigenvalue weighted by molar-refractivity contribution is 0.172. The van der Waals surface area contributed by atoms with E-state index in [0.717, 1.165) is 28.4 Å². The van der Waals surface area contributed by atoms with Crippen molar-refractivity contribution in [1.29, 1.82) is 0 Å². The SMILES string of the molecule is CCCC(CCC)c1nc2cc3c(cc2[nH]1)OCCO3. The van der Waals surface area contributed by atoms with Gasteiger partial charge in [-0.2, -0.15) is 0 Å². The van der Waals surface area contributed by atoms with Gasteiger partial charge in [-0.25, -0.2) is 4.98 Å². The van der Waals surface area contributed by atoms with Crippen molar-refractivity contribution in [3.8, 4) is 11.5 Å². The third kappa shape index (κ3) is 2.47. The highest BCUT2D eigenvalue weighted by molar-refractivity contribution is 5.80. The molecular weight excluding hydrogens is 252 g/mol. The van der Waals surface area contributed by atoms with Crippen LogP contribution >= 0.6 is 0 Å². The maximum absolute atomic E-state index is 5.62. The van der Waals surface area contributed by atoms with E-state index in [0.29, 0.717) is 19.1 Å². The summed E-state index contributed by atoms with van der Waals surface area (Å²) in [5, 5.41) is 0. The van der Waals surface area contributed by atoms with Crippen molar-refractivity contribution >= 4 is 11.0 Å². The van der Waals surface area contributed by atoms with Crippen molar-refractivity contribution in [3.05, 3.63) is 18.0 Å². The number of rotatable bonds is 5. The first-order valence-electron chi connectivity index (χ1n) is 7.61. The minimum absolute atomic E-state index is 0.524. The second-order valence-corrected chi connectivity index (χ2v) is 5.41. The molecule has 20 heavy (non-hydrogen) atoms. The summed E-state index contributed by atoms with van der Waals surface area (Å²) in [5.74, 6) is 3.26. The van der Waals surface area contributed by atoms with Crippen LogP contribution in [0, 0.1) is 0 Å². The predicted molar refractivity (Wildman–Crippen MR) is 79.6 cm³/mol. The molecule has 0 spiro atoms. The number of nitrogens with zero attached hydrogens (tertiary/aromatic N) is 1. The van der Waals surface area contributed by atoms with Crippen LogP contribution in [-0.2, 0) is 0 Å². The number of ether oxygens (including phenoxy) is 2. The molecule has 0 amide bonds. The van der Waals surface area contributed by atoms with Gasteiger partial charge in [0.25, 0.3) is 0 Å². The van der Waals surface area contributed by atoms with Crippen LogP contribution in [0.3, 0.4) is 0 Å². The minimum atomic E-state index is 0.524. The second kappa shape index (κ2) is 5.73. The third-order valence-corrected chi connectivity index (χ3v) is 3.83. The summed E-state index contributed by atoms with van der Waals surface area (Å²) in [7, 11) is 0. The van der Waals surface area contributed by atoms with Gasteiger partial charge in [0.2, 0.25) is 0 Å². The Bertz CT molecular complexity index is 542. The maximum Gasteiger partial charge on any atom is 0.163 e. The van der Waals surface area contributed by atoms with E-state index in [1.165, 1.54) is 25.7 Å². The van der Waals surface area contributed by atoms with Gasteiger partial charge in [-0.3, -0.25) is 0 Å². The molecule has 108 valence electrons. The second-order valence-electron chi connectivity index (χ2n) is 5.41. The molecule has 0 saturated carbocycles. The van der Waals surface area contributed by atoms with E-state index in [1.807, 2.05) is 12.1 Å². The van der Waals surface area contributed by atoms with Gasteiger partial charge in [-0.15, -0.1) is 0 Å². The van der Waals surface area contributed by atoms with E-state index in [9.17, 15) is 0 Å². The molecule has 1 aliphatic rings. The Morgan fingerprint density at radius 3 is 2.40 bits per heavy atom. The molecule has 0 aliphatic carbocycles. The fraction of sp³-hybridized carbons (Fsp3) is 0.562. The standard InChI is InChI=1S/C16H22N2O2/c1-3-5-11(6-4-2)16-17-12-9-14-15(10-13(12)18-16)20-8-7-19-14/h9-11H,3-8H2,1-2H3,(H,17,18). The van der Waals surface area contributed by atoms with E-state index in [-0.39, 0.29) is 0 Å².